The van der Waals surface area contributed by atoms with Gasteiger partial charge in [-0.1, -0.05) is 11.6 Å². The third-order valence-electron chi connectivity index (χ3n) is 2.63. The van der Waals surface area contributed by atoms with Gasteiger partial charge in [-0.2, -0.15) is 5.10 Å². The highest BCUT2D eigenvalue weighted by atomic mass is 35.5. The summed E-state index contributed by atoms with van der Waals surface area (Å²) in [6.45, 7) is 1.72. The van der Waals surface area contributed by atoms with Gasteiger partial charge in [-0.15, -0.1) is 0 Å². The first-order chi connectivity index (χ1) is 8.90. The van der Waals surface area contributed by atoms with Crippen molar-refractivity contribution in [3.63, 3.8) is 0 Å². The Balaban J connectivity index is 2.25. The molecule has 19 heavy (non-hydrogen) atoms. The van der Waals surface area contributed by atoms with Crippen molar-refractivity contribution < 1.29 is 8.42 Å². The number of benzene rings is 1. The summed E-state index contributed by atoms with van der Waals surface area (Å²) in [6.07, 6.45) is 3.19. The maximum absolute atomic E-state index is 12.2. The van der Waals surface area contributed by atoms with Crippen molar-refractivity contribution in [3.8, 4) is 0 Å². The third-order valence-corrected chi connectivity index (χ3v) is 4.50. The second-order valence-corrected chi connectivity index (χ2v) is 6.18. The summed E-state index contributed by atoms with van der Waals surface area (Å²) in [7, 11) is -3.66. The molecule has 0 bridgehead atoms. The average molecular weight is 301 g/mol. The fourth-order valence-electron chi connectivity index (χ4n) is 1.54. The molecule has 0 amide bonds. The van der Waals surface area contributed by atoms with Gasteiger partial charge in [0.15, 0.2) is 0 Å². The van der Waals surface area contributed by atoms with Gasteiger partial charge in [0, 0.05) is 17.8 Å². The first-order valence-corrected chi connectivity index (χ1v) is 7.32. The molecule has 8 heteroatoms. The quantitative estimate of drug-likeness (QED) is 0.748. The van der Waals surface area contributed by atoms with Crippen LogP contribution in [0.15, 0.2) is 35.5 Å². The van der Waals surface area contributed by atoms with Crippen LogP contribution in [0.4, 0.5) is 5.69 Å². The molecular weight excluding hydrogens is 288 g/mol. The Bertz CT molecular complexity index is 670. The van der Waals surface area contributed by atoms with Crippen molar-refractivity contribution in [1.82, 2.24) is 14.9 Å². The molecule has 102 valence electrons. The SMILES string of the molecule is CC(NS(=O)(=O)c1ccc(N)c(Cl)c1)c1cn[nH]c1. The van der Waals surface area contributed by atoms with Crippen LogP contribution in [0.3, 0.4) is 0 Å². The van der Waals surface area contributed by atoms with E-state index in [0.29, 0.717) is 5.69 Å². The van der Waals surface area contributed by atoms with Gasteiger partial charge in [0.2, 0.25) is 10.0 Å². The van der Waals surface area contributed by atoms with E-state index in [9.17, 15) is 8.42 Å². The summed E-state index contributed by atoms with van der Waals surface area (Å²) in [5.41, 5.74) is 6.63. The second-order valence-electron chi connectivity index (χ2n) is 4.06. The number of aromatic amines is 1. The molecule has 1 atom stereocenters. The molecule has 2 aromatic rings. The Morgan fingerprint density at radius 1 is 1.47 bits per heavy atom. The number of hydrogen-bond acceptors (Lipinski definition) is 4. The molecular formula is C11H13ClN4O2S. The molecule has 1 aromatic carbocycles. The highest BCUT2D eigenvalue weighted by Crippen LogP contribution is 2.23. The van der Waals surface area contributed by atoms with Gasteiger partial charge in [-0.3, -0.25) is 5.10 Å². The molecule has 0 radical (unpaired) electrons. The fraction of sp³-hybridized carbons (Fsp3) is 0.182. The normalized spacial score (nSPS) is 13.4. The molecule has 0 fully saturated rings. The highest BCUT2D eigenvalue weighted by Gasteiger charge is 2.19. The van der Waals surface area contributed by atoms with E-state index < -0.39 is 16.1 Å². The van der Waals surface area contributed by atoms with Crippen LogP contribution in [0.5, 0.6) is 0 Å². The van der Waals surface area contributed by atoms with Gasteiger partial charge < -0.3 is 5.73 Å². The van der Waals surface area contributed by atoms with Crippen molar-refractivity contribution in [2.45, 2.75) is 17.9 Å². The first-order valence-electron chi connectivity index (χ1n) is 5.46. The van der Waals surface area contributed by atoms with Gasteiger partial charge in [0.1, 0.15) is 0 Å². The maximum Gasteiger partial charge on any atom is 0.241 e. The fourth-order valence-corrected chi connectivity index (χ4v) is 3.04. The monoisotopic (exact) mass is 300 g/mol. The van der Waals surface area contributed by atoms with Crippen molar-refractivity contribution in [2.75, 3.05) is 5.73 Å². The van der Waals surface area contributed by atoms with Crippen LogP contribution < -0.4 is 10.5 Å². The van der Waals surface area contributed by atoms with Crippen molar-refractivity contribution in [3.05, 3.63) is 41.2 Å². The average Bonchev–Trinajstić information content (AvgIpc) is 2.85. The van der Waals surface area contributed by atoms with Crippen molar-refractivity contribution in [2.24, 2.45) is 0 Å². The number of rotatable bonds is 4. The van der Waals surface area contributed by atoms with Crippen LogP contribution in [-0.4, -0.2) is 18.6 Å². The Morgan fingerprint density at radius 3 is 2.79 bits per heavy atom. The highest BCUT2D eigenvalue weighted by molar-refractivity contribution is 7.89. The number of nitrogen functional groups attached to an aromatic ring is 1. The molecule has 0 saturated carbocycles. The van der Waals surface area contributed by atoms with E-state index in [2.05, 4.69) is 14.9 Å². The zero-order valence-corrected chi connectivity index (χ0v) is 11.7. The molecule has 6 nitrogen and oxygen atoms in total. The number of nitrogens with one attached hydrogen (secondary N) is 2. The number of hydrogen-bond donors (Lipinski definition) is 3. The lowest BCUT2D eigenvalue weighted by atomic mass is 10.2. The van der Waals surface area contributed by atoms with Crippen LogP contribution in [-0.2, 0) is 10.0 Å². The lowest BCUT2D eigenvalue weighted by molar-refractivity contribution is 0.567. The van der Waals surface area contributed by atoms with E-state index in [1.54, 1.807) is 19.3 Å². The second kappa shape index (κ2) is 5.20. The number of halogens is 1. The lowest BCUT2D eigenvalue weighted by Gasteiger charge is -2.13. The minimum atomic E-state index is -3.66. The lowest BCUT2D eigenvalue weighted by Crippen LogP contribution is -2.26. The smallest absolute Gasteiger partial charge is 0.241 e. The largest absolute Gasteiger partial charge is 0.398 e. The number of nitrogens with zero attached hydrogens (tertiary/aromatic N) is 1. The predicted octanol–water partition coefficient (Wildman–Crippen LogP) is 1.68. The van der Waals surface area contributed by atoms with E-state index in [1.165, 1.54) is 18.2 Å². The van der Waals surface area contributed by atoms with Gasteiger partial charge in [0.05, 0.1) is 21.8 Å². The van der Waals surface area contributed by atoms with Crippen LogP contribution in [0.1, 0.15) is 18.5 Å². The Labute approximate surface area is 116 Å². The summed E-state index contributed by atoms with van der Waals surface area (Å²) in [5, 5.41) is 6.61. The van der Waals surface area contributed by atoms with Gasteiger partial charge >= 0.3 is 0 Å². The van der Waals surface area contributed by atoms with Gasteiger partial charge in [0.25, 0.3) is 0 Å². The number of nitrogens with two attached hydrogens (primary N) is 1. The third kappa shape index (κ3) is 3.06. The van der Waals surface area contributed by atoms with Gasteiger partial charge in [-0.25, -0.2) is 13.1 Å². The Morgan fingerprint density at radius 2 is 2.21 bits per heavy atom. The standard InChI is InChI=1S/C11H13ClN4O2S/c1-7(8-5-14-15-6-8)16-19(17,18)9-2-3-11(13)10(12)4-9/h2-7,16H,13H2,1H3,(H,14,15). The van der Waals surface area contributed by atoms with Crippen LogP contribution in [0, 0.1) is 0 Å². The molecule has 0 spiro atoms. The molecule has 0 saturated heterocycles. The first kappa shape index (κ1) is 13.9. The molecule has 1 heterocycles. The molecule has 0 aliphatic heterocycles. The summed E-state index contributed by atoms with van der Waals surface area (Å²) >= 11 is 5.82. The molecule has 1 aromatic heterocycles. The minimum Gasteiger partial charge on any atom is -0.398 e. The Kier molecular flexibility index (Phi) is 3.79. The summed E-state index contributed by atoms with van der Waals surface area (Å²) in [4.78, 5) is 0.0713. The summed E-state index contributed by atoms with van der Waals surface area (Å²) < 4.78 is 26.9. The van der Waals surface area contributed by atoms with Crippen molar-refractivity contribution >= 4 is 27.3 Å². The number of sulfonamides is 1. The zero-order valence-electron chi connectivity index (χ0n) is 10.1. The number of H-pyrrole nitrogens is 1. The molecule has 0 aliphatic carbocycles. The topological polar surface area (TPSA) is 101 Å². The van der Waals surface area contributed by atoms with E-state index in [1.807, 2.05) is 0 Å². The molecule has 2 rings (SSSR count). The van der Waals surface area contributed by atoms with E-state index in [4.69, 9.17) is 17.3 Å². The van der Waals surface area contributed by atoms with Crippen LogP contribution in [0.25, 0.3) is 0 Å². The summed E-state index contributed by atoms with van der Waals surface area (Å²) in [6, 6.07) is 3.78. The van der Waals surface area contributed by atoms with E-state index in [0.717, 1.165) is 5.56 Å². The predicted molar refractivity (Wildman–Crippen MR) is 73.2 cm³/mol. The van der Waals surface area contributed by atoms with Crippen LogP contribution in [0.2, 0.25) is 5.02 Å². The zero-order chi connectivity index (χ0) is 14.0. The molecule has 1 unspecified atom stereocenters. The molecule has 0 aliphatic rings. The van der Waals surface area contributed by atoms with E-state index >= 15 is 0 Å². The number of aromatic nitrogens is 2. The van der Waals surface area contributed by atoms with Crippen LogP contribution >= 0.6 is 11.6 Å². The molecule has 4 N–H and O–H groups in total. The van der Waals surface area contributed by atoms with Crippen molar-refractivity contribution in [1.29, 1.82) is 0 Å². The van der Waals surface area contributed by atoms with Gasteiger partial charge in [-0.05, 0) is 25.1 Å². The summed E-state index contributed by atoms with van der Waals surface area (Å²) in [5.74, 6) is 0. The minimum absolute atomic E-state index is 0.0713. The van der Waals surface area contributed by atoms with E-state index in [-0.39, 0.29) is 9.92 Å². The number of anilines is 1. The maximum atomic E-state index is 12.2. The Hall–Kier alpha value is -1.57.